The Hall–Kier alpha value is -3.56. The summed E-state index contributed by atoms with van der Waals surface area (Å²) in [5, 5.41) is 0. The molecule has 0 aliphatic heterocycles. The number of benzene rings is 2. The van der Waals surface area contributed by atoms with Crippen LogP contribution < -0.4 is 19.4 Å². The minimum atomic E-state index is 0.946. The zero-order chi connectivity index (χ0) is 40.5. The van der Waals surface area contributed by atoms with Gasteiger partial charge in [-0.2, -0.15) is 4.57 Å². The van der Waals surface area contributed by atoms with Crippen molar-refractivity contribution >= 4 is 57.4 Å². The Labute approximate surface area is 350 Å². The van der Waals surface area contributed by atoms with Crippen LogP contribution >= 0.6 is 21.6 Å². The maximum absolute atomic E-state index is 3.16. The number of nitrogens with zero attached hydrogens (tertiary/aromatic N) is 5. The third kappa shape index (κ3) is 19.5. The predicted octanol–water partition coefficient (Wildman–Crippen LogP) is 8.13. The third-order valence-electron chi connectivity index (χ3n) is 10.2. The molecule has 0 unspecified atom stereocenters. The normalized spacial score (nSPS) is 12.7. The molecule has 0 aliphatic rings. The molecule has 56 heavy (non-hydrogen) atoms. The molecule has 6 nitrogen and oxygen atoms in total. The van der Waals surface area contributed by atoms with Gasteiger partial charge in [0.15, 0.2) is 12.4 Å². The topological polar surface area (TPSA) is 24.3 Å². The first-order valence-corrected chi connectivity index (χ1v) is 23.2. The van der Waals surface area contributed by atoms with Crippen molar-refractivity contribution in [1.29, 1.82) is 0 Å². The number of aromatic nitrogens is 1. The lowest BCUT2D eigenvalue weighted by Crippen LogP contribution is -2.67. The zero-order valence-electron chi connectivity index (χ0n) is 36.1. The Morgan fingerprint density at radius 1 is 0.589 bits per heavy atom. The van der Waals surface area contributed by atoms with Gasteiger partial charge in [-0.25, -0.2) is 4.99 Å². The summed E-state index contributed by atoms with van der Waals surface area (Å²) in [6.45, 7) is 13.2. The van der Waals surface area contributed by atoms with E-state index >= 15 is 0 Å². The fourth-order valence-electron chi connectivity index (χ4n) is 6.57. The van der Waals surface area contributed by atoms with Crippen molar-refractivity contribution < 1.29 is 18.5 Å². The molecule has 0 spiro atoms. The second-order valence-electron chi connectivity index (χ2n) is 15.9. The molecular weight excluding hydrogens is 725 g/mol. The van der Waals surface area contributed by atoms with Crippen molar-refractivity contribution in [2.24, 2.45) is 0 Å². The molecule has 3 aromatic rings. The van der Waals surface area contributed by atoms with E-state index in [1.807, 2.05) is 24.4 Å². The van der Waals surface area contributed by atoms with Gasteiger partial charge in [0.05, 0.1) is 54.4 Å². The van der Waals surface area contributed by atoms with Gasteiger partial charge in [-0.1, -0.05) is 76.2 Å². The van der Waals surface area contributed by atoms with Crippen molar-refractivity contribution in [2.75, 3.05) is 109 Å². The Balaban J connectivity index is 1.21. The average molecular weight is 799 g/mol. The van der Waals surface area contributed by atoms with E-state index in [2.05, 4.69) is 200 Å². The molecule has 304 valence electrons. The van der Waals surface area contributed by atoms with Crippen LogP contribution in [0.25, 0.3) is 18.2 Å². The van der Waals surface area contributed by atoms with Crippen molar-refractivity contribution in [2.45, 2.75) is 46.1 Å². The summed E-state index contributed by atoms with van der Waals surface area (Å²) in [6, 6.07) is 24.2. The van der Waals surface area contributed by atoms with Crippen LogP contribution in [0.5, 0.6) is 0 Å². The molecule has 1 N–H and O–H groups in total. The molecule has 3 rings (SSSR count). The smallest absolute Gasteiger partial charge is 0.205 e. The number of nitrogens with one attached hydrogen (secondary N) is 1. The van der Waals surface area contributed by atoms with Crippen molar-refractivity contribution in [3.63, 3.8) is 0 Å². The standard InChI is InChI=1S/C48H73N6S2/c1-9-49-34-16-13-11-12-14-22-44-24-29-46(30-25-44)50(3)35-18-38-53(5,6)40-20-42-55-56-43-21-41-54(7,8)39-19-36-51(4)47-31-26-45(27-32-47)28-33-48-23-15-17-37-52(48)10-2/h11-17,22-34,37H,9-10,18-21,35-36,38-43H2,1-8H3/q+3/p+1/b12-11+,16-13-,22-14+,49-34?. The van der Waals surface area contributed by atoms with Gasteiger partial charge < -0.3 is 18.8 Å². The maximum atomic E-state index is 3.16. The van der Waals surface area contributed by atoms with Crippen LogP contribution in [-0.2, 0) is 6.54 Å². The Morgan fingerprint density at radius 2 is 1.09 bits per heavy atom. The van der Waals surface area contributed by atoms with E-state index in [-0.39, 0.29) is 0 Å². The predicted molar refractivity (Wildman–Crippen MR) is 253 cm³/mol. The fraction of sp³-hybridized carbons (Fsp3) is 0.458. The molecule has 0 fully saturated rings. The number of quaternary nitrogens is 2. The van der Waals surface area contributed by atoms with E-state index in [0.717, 1.165) is 35.1 Å². The molecule has 1 aromatic heterocycles. The number of rotatable bonds is 27. The highest BCUT2D eigenvalue weighted by atomic mass is 33.1. The van der Waals surface area contributed by atoms with Gasteiger partial charge in [-0.05, 0) is 61.4 Å². The SMILES string of the molecule is CC[NH+]=C\C=C/C=C/C=C/c1ccc(N(C)CCC[N+](C)(C)CCCSSCCC[N+](C)(C)CCCN(C)c2ccc(/C=C/c3cccc[n+]3CC)cc2)cc1. The molecule has 0 saturated heterocycles. The average Bonchev–Trinajstić information content (AvgIpc) is 3.19. The lowest BCUT2D eigenvalue weighted by molar-refractivity contribution is -0.890. The quantitative estimate of drug-likeness (QED) is 0.0211. The number of allylic oxidation sites excluding steroid dienone is 5. The highest BCUT2D eigenvalue weighted by Crippen LogP contribution is 2.24. The number of hydrogen-bond acceptors (Lipinski definition) is 4. The first-order chi connectivity index (χ1) is 27.0. The van der Waals surface area contributed by atoms with Gasteiger partial charge in [0.2, 0.25) is 5.69 Å². The summed E-state index contributed by atoms with van der Waals surface area (Å²) in [4.78, 5) is 7.94. The van der Waals surface area contributed by atoms with E-state index in [9.17, 15) is 0 Å². The van der Waals surface area contributed by atoms with E-state index < -0.39 is 0 Å². The summed E-state index contributed by atoms with van der Waals surface area (Å²) in [6.07, 6.45) is 25.8. The molecule has 2 aromatic carbocycles. The maximum Gasteiger partial charge on any atom is 0.205 e. The number of aryl methyl sites for hydroxylation is 1. The summed E-state index contributed by atoms with van der Waals surface area (Å²) >= 11 is 0. The molecule has 0 amide bonds. The van der Waals surface area contributed by atoms with Gasteiger partial charge in [0, 0.05) is 100 Å². The summed E-state index contributed by atoms with van der Waals surface area (Å²) in [7, 11) is 18.1. The Bertz CT molecular complexity index is 1660. The monoisotopic (exact) mass is 799 g/mol. The van der Waals surface area contributed by atoms with Crippen LogP contribution in [0.15, 0.2) is 103 Å². The van der Waals surface area contributed by atoms with Crippen LogP contribution in [0.1, 0.15) is 56.4 Å². The minimum absolute atomic E-state index is 0.946. The molecule has 0 atom stereocenters. The molecule has 0 radical (unpaired) electrons. The number of anilines is 2. The Morgan fingerprint density at radius 3 is 1.62 bits per heavy atom. The summed E-state index contributed by atoms with van der Waals surface area (Å²) in [5.74, 6) is 2.48. The number of hydrogen-bond donors (Lipinski definition) is 1. The van der Waals surface area contributed by atoms with Crippen molar-refractivity contribution in [1.82, 2.24) is 0 Å². The second kappa shape index (κ2) is 26.4. The van der Waals surface area contributed by atoms with Gasteiger partial charge in [-0.3, -0.25) is 0 Å². The highest BCUT2D eigenvalue weighted by Gasteiger charge is 2.16. The van der Waals surface area contributed by atoms with E-state index in [0.29, 0.717) is 0 Å². The van der Waals surface area contributed by atoms with Crippen LogP contribution in [0.4, 0.5) is 11.4 Å². The second-order valence-corrected chi connectivity index (χ2v) is 18.7. The third-order valence-corrected chi connectivity index (χ3v) is 12.7. The molecule has 0 saturated carbocycles. The Kier molecular flexibility index (Phi) is 22.1. The largest absolute Gasteiger partial charge is 0.374 e. The lowest BCUT2D eigenvalue weighted by Gasteiger charge is -2.31. The summed E-state index contributed by atoms with van der Waals surface area (Å²) in [5.41, 5.74) is 6.25. The van der Waals surface area contributed by atoms with E-state index in [4.69, 9.17) is 0 Å². The lowest BCUT2D eigenvalue weighted by atomic mass is 10.1. The number of pyridine rings is 1. The minimum Gasteiger partial charge on any atom is -0.374 e. The molecular formula is C48H74N6S2+4. The first kappa shape index (κ1) is 46.8. The van der Waals surface area contributed by atoms with Crippen LogP contribution in [0, 0.1) is 0 Å². The fourth-order valence-corrected chi connectivity index (χ4v) is 8.71. The summed E-state index contributed by atoms with van der Waals surface area (Å²) < 4.78 is 4.45. The van der Waals surface area contributed by atoms with E-state index in [1.54, 1.807) is 0 Å². The molecule has 0 bridgehead atoms. The van der Waals surface area contributed by atoms with Crippen molar-refractivity contribution in [3.8, 4) is 0 Å². The van der Waals surface area contributed by atoms with Gasteiger partial charge in [-0.15, -0.1) is 0 Å². The zero-order valence-corrected chi connectivity index (χ0v) is 37.7. The van der Waals surface area contributed by atoms with E-state index in [1.165, 1.54) is 91.6 Å². The molecule has 1 heterocycles. The molecule has 0 aliphatic carbocycles. The van der Waals surface area contributed by atoms with Crippen molar-refractivity contribution in [3.05, 3.63) is 120 Å². The van der Waals surface area contributed by atoms with Crippen LogP contribution in [0.2, 0.25) is 0 Å². The highest BCUT2D eigenvalue weighted by molar-refractivity contribution is 8.76. The van der Waals surface area contributed by atoms with Crippen LogP contribution in [-0.4, -0.2) is 115 Å². The molecule has 8 heteroatoms. The first-order valence-electron chi connectivity index (χ1n) is 20.8. The van der Waals surface area contributed by atoms with Gasteiger partial charge in [0.25, 0.3) is 0 Å². The van der Waals surface area contributed by atoms with Gasteiger partial charge >= 0.3 is 0 Å². The van der Waals surface area contributed by atoms with Crippen LogP contribution in [0.3, 0.4) is 0 Å². The van der Waals surface area contributed by atoms with Gasteiger partial charge in [0.1, 0.15) is 13.1 Å².